The van der Waals surface area contributed by atoms with Crippen molar-refractivity contribution >= 4 is 35.4 Å². The lowest BCUT2D eigenvalue weighted by atomic mass is 9.79. The molecule has 9 heteroatoms. The maximum atomic E-state index is 13.0. The van der Waals surface area contributed by atoms with Crippen LogP contribution in [0, 0.1) is 11.3 Å². The number of amides is 5. The molecule has 2 atom stereocenters. The van der Waals surface area contributed by atoms with Gasteiger partial charge in [-0.3, -0.25) is 19.7 Å². The van der Waals surface area contributed by atoms with E-state index < -0.39 is 18.0 Å². The van der Waals surface area contributed by atoms with Crippen LogP contribution >= 0.6 is 11.6 Å². The molecule has 3 N–H and O–H groups in total. The molecule has 5 amide bonds. The predicted octanol–water partition coefficient (Wildman–Crippen LogP) is 3.49. The van der Waals surface area contributed by atoms with Gasteiger partial charge in [0.25, 0.3) is 5.91 Å². The Morgan fingerprint density at radius 2 is 2.06 bits per heavy atom. The van der Waals surface area contributed by atoms with Crippen LogP contribution in [0.1, 0.15) is 55.1 Å². The fourth-order valence-electron chi connectivity index (χ4n) is 4.46. The van der Waals surface area contributed by atoms with Gasteiger partial charge in [0.05, 0.1) is 0 Å². The highest BCUT2D eigenvalue weighted by Gasteiger charge is 2.39. The maximum absolute atomic E-state index is 13.0. The molecule has 0 aromatic heterocycles. The number of nitrogens with zero attached hydrogens (tertiary/aromatic N) is 1. The van der Waals surface area contributed by atoms with E-state index in [0.717, 1.165) is 11.1 Å². The fraction of sp³-hybridized carbons (Fsp3) is 0.385. The van der Waals surface area contributed by atoms with Crippen molar-refractivity contribution in [2.45, 2.75) is 52.7 Å². The first-order valence-corrected chi connectivity index (χ1v) is 12.0. The fourth-order valence-corrected chi connectivity index (χ4v) is 4.81. The van der Waals surface area contributed by atoms with Gasteiger partial charge >= 0.3 is 6.03 Å². The van der Waals surface area contributed by atoms with Crippen LogP contribution < -0.4 is 16.0 Å². The van der Waals surface area contributed by atoms with Crippen molar-refractivity contribution in [2.75, 3.05) is 0 Å². The summed E-state index contributed by atoms with van der Waals surface area (Å²) in [5.41, 5.74) is 2.42. The van der Waals surface area contributed by atoms with Gasteiger partial charge in [0.1, 0.15) is 6.04 Å². The van der Waals surface area contributed by atoms with Gasteiger partial charge in [0, 0.05) is 41.2 Å². The van der Waals surface area contributed by atoms with Gasteiger partial charge in [-0.1, -0.05) is 56.7 Å². The van der Waals surface area contributed by atoms with Gasteiger partial charge in [0.15, 0.2) is 0 Å². The molecule has 35 heavy (non-hydrogen) atoms. The second kappa shape index (κ2) is 9.70. The molecule has 0 radical (unpaired) electrons. The topological polar surface area (TPSA) is 108 Å². The summed E-state index contributed by atoms with van der Waals surface area (Å²) in [7, 11) is 0. The molecule has 0 saturated carbocycles. The van der Waals surface area contributed by atoms with Crippen molar-refractivity contribution in [3.05, 3.63) is 69.9 Å². The number of rotatable bonds is 5. The van der Waals surface area contributed by atoms with E-state index in [1.165, 1.54) is 4.90 Å². The van der Waals surface area contributed by atoms with Gasteiger partial charge in [-0.2, -0.15) is 0 Å². The highest BCUT2D eigenvalue weighted by molar-refractivity contribution is 6.31. The molecule has 4 rings (SSSR count). The molecule has 1 fully saturated rings. The van der Waals surface area contributed by atoms with Crippen LogP contribution in [0.3, 0.4) is 0 Å². The highest BCUT2D eigenvalue weighted by Crippen LogP contribution is 2.35. The van der Waals surface area contributed by atoms with E-state index in [1.807, 2.05) is 24.3 Å². The van der Waals surface area contributed by atoms with E-state index in [0.29, 0.717) is 28.6 Å². The smallest absolute Gasteiger partial charge is 0.319 e. The third-order valence-corrected chi connectivity index (χ3v) is 7.20. The standard InChI is InChI=1S/C26H29ClN4O4/c1-15(2)26(3)10-9-18(11-17(27)12-26)29-25(35)28-13-16-5-4-6-19-20(16)14-31(24(19)34)21-7-8-22(32)30-23(21)33/h4-6,9-12,15,21H,7-8,13-14H2,1-3H3,(H2,28,29,35)(H,30,32,33). The van der Waals surface area contributed by atoms with Crippen LogP contribution in [-0.4, -0.2) is 34.7 Å². The molecule has 1 aliphatic carbocycles. The van der Waals surface area contributed by atoms with Crippen LogP contribution in [0.5, 0.6) is 0 Å². The van der Waals surface area contributed by atoms with E-state index in [1.54, 1.807) is 18.2 Å². The Hall–Kier alpha value is -3.39. The van der Waals surface area contributed by atoms with Crippen LogP contribution in [0.4, 0.5) is 4.79 Å². The minimum absolute atomic E-state index is 0.199. The monoisotopic (exact) mass is 496 g/mol. The number of nitrogens with one attached hydrogen (secondary N) is 3. The number of carbonyl (C=O) groups excluding carboxylic acids is 4. The Bertz CT molecular complexity index is 1190. The average Bonchev–Trinajstić information content (AvgIpc) is 3.04. The summed E-state index contributed by atoms with van der Waals surface area (Å²) in [5.74, 6) is -0.691. The summed E-state index contributed by atoms with van der Waals surface area (Å²) in [6, 6.07) is 4.24. The number of carbonyl (C=O) groups is 4. The van der Waals surface area contributed by atoms with Crippen molar-refractivity contribution in [3.8, 4) is 0 Å². The minimum atomic E-state index is -0.681. The molecule has 184 valence electrons. The highest BCUT2D eigenvalue weighted by atomic mass is 35.5. The van der Waals surface area contributed by atoms with Crippen LogP contribution in [0.15, 0.2) is 53.2 Å². The Labute approximate surface area is 209 Å². The first kappa shape index (κ1) is 24.7. The third-order valence-electron chi connectivity index (χ3n) is 6.98. The van der Waals surface area contributed by atoms with Gasteiger partial charge in [-0.15, -0.1) is 0 Å². The van der Waals surface area contributed by atoms with E-state index >= 15 is 0 Å². The molecule has 3 aliphatic rings. The number of allylic oxidation sites excluding steroid dienone is 5. The van der Waals surface area contributed by atoms with E-state index in [2.05, 4.69) is 36.7 Å². The average molecular weight is 497 g/mol. The molecule has 2 aliphatic heterocycles. The van der Waals surface area contributed by atoms with Crippen molar-refractivity contribution in [1.29, 1.82) is 0 Å². The van der Waals surface area contributed by atoms with Gasteiger partial charge < -0.3 is 15.5 Å². The summed E-state index contributed by atoms with van der Waals surface area (Å²) >= 11 is 6.36. The molecule has 0 bridgehead atoms. The molecular formula is C26H29ClN4O4. The first-order valence-electron chi connectivity index (χ1n) is 11.7. The maximum Gasteiger partial charge on any atom is 0.319 e. The van der Waals surface area contributed by atoms with Crippen LogP contribution in [0.2, 0.25) is 0 Å². The number of fused-ring (bicyclic) bond motifs is 1. The van der Waals surface area contributed by atoms with Crippen molar-refractivity contribution < 1.29 is 19.2 Å². The summed E-state index contributed by atoms with van der Waals surface area (Å²) in [4.78, 5) is 50.9. The number of imide groups is 1. The SMILES string of the molecule is CC(C)C1(C)C=CC(NC(=O)NCc2cccc3c2CN(C2CCC(=O)NC2=O)C3=O)=CC(Cl)=C1. The zero-order chi connectivity index (χ0) is 25.3. The normalized spacial score (nSPS) is 24.0. The second-order valence-electron chi connectivity index (χ2n) is 9.63. The lowest BCUT2D eigenvalue weighted by Gasteiger charge is -2.29. The summed E-state index contributed by atoms with van der Waals surface area (Å²) in [6.45, 7) is 6.77. The number of piperidine rings is 1. The number of hydrogen-bond acceptors (Lipinski definition) is 4. The molecule has 0 spiro atoms. The molecule has 8 nitrogen and oxygen atoms in total. The number of urea groups is 1. The van der Waals surface area contributed by atoms with Crippen molar-refractivity contribution in [3.63, 3.8) is 0 Å². The molecule has 2 heterocycles. The number of halogens is 1. The van der Waals surface area contributed by atoms with Crippen molar-refractivity contribution in [2.24, 2.45) is 11.3 Å². The number of benzene rings is 1. The van der Waals surface area contributed by atoms with E-state index in [9.17, 15) is 19.2 Å². The second-order valence-corrected chi connectivity index (χ2v) is 10.1. The lowest BCUT2D eigenvalue weighted by Crippen LogP contribution is -2.52. The van der Waals surface area contributed by atoms with Gasteiger partial charge in [-0.05, 0) is 41.7 Å². The number of hydrogen-bond donors (Lipinski definition) is 3. The largest absolute Gasteiger partial charge is 0.334 e. The minimum Gasteiger partial charge on any atom is -0.334 e. The van der Waals surface area contributed by atoms with Gasteiger partial charge in [-0.25, -0.2) is 4.79 Å². The molecule has 1 aromatic rings. The molecule has 1 aromatic carbocycles. The zero-order valence-electron chi connectivity index (χ0n) is 20.0. The Kier molecular flexibility index (Phi) is 6.85. The summed E-state index contributed by atoms with van der Waals surface area (Å²) < 4.78 is 0. The van der Waals surface area contributed by atoms with Crippen molar-refractivity contribution in [1.82, 2.24) is 20.9 Å². The Balaban J connectivity index is 1.41. The van der Waals surface area contributed by atoms with Crippen LogP contribution in [-0.2, 0) is 22.7 Å². The third kappa shape index (κ3) is 5.17. The van der Waals surface area contributed by atoms with Crippen LogP contribution in [0.25, 0.3) is 0 Å². The lowest BCUT2D eigenvalue weighted by molar-refractivity contribution is -0.136. The predicted molar refractivity (Wildman–Crippen MR) is 132 cm³/mol. The first-order chi connectivity index (χ1) is 16.6. The molecular weight excluding hydrogens is 468 g/mol. The Morgan fingerprint density at radius 1 is 1.29 bits per heavy atom. The van der Waals surface area contributed by atoms with Gasteiger partial charge in [0.2, 0.25) is 11.8 Å². The van der Waals surface area contributed by atoms with E-state index in [-0.39, 0.29) is 36.7 Å². The van der Waals surface area contributed by atoms with E-state index in [4.69, 9.17) is 11.6 Å². The zero-order valence-corrected chi connectivity index (χ0v) is 20.7. The Morgan fingerprint density at radius 3 is 2.77 bits per heavy atom. The quantitative estimate of drug-likeness (QED) is 0.542. The molecule has 2 unspecified atom stereocenters. The summed E-state index contributed by atoms with van der Waals surface area (Å²) in [5, 5.41) is 8.51. The molecule has 1 saturated heterocycles. The summed E-state index contributed by atoms with van der Waals surface area (Å²) in [6.07, 6.45) is 8.06.